The van der Waals surface area contributed by atoms with E-state index in [-0.39, 0.29) is 12.4 Å². The van der Waals surface area contributed by atoms with Gasteiger partial charge >= 0.3 is 0 Å². The van der Waals surface area contributed by atoms with Crippen molar-refractivity contribution in [3.05, 3.63) is 0 Å². The number of rotatable bonds is 6. The fraction of sp³-hybridized carbons (Fsp3) is 0.933. The summed E-state index contributed by atoms with van der Waals surface area (Å²) in [5.41, 5.74) is -1.17. The quantitative estimate of drug-likeness (QED) is 0.764. The molecule has 4 heteroatoms. The van der Waals surface area contributed by atoms with Gasteiger partial charge in [-0.2, -0.15) is 0 Å². The summed E-state index contributed by atoms with van der Waals surface area (Å²) in [6.45, 7) is 4.33. The Morgan fingerprint density at radius 3 is 2.21 bits per heavy atom. The maximum absolute atomic E-state index is 12.3. The van der Waals surface area contributed by atoms with Crippen LogP contribution in [0.3, 0.4) is 0 Å². The molecule has 0 radical (unpaired) electrons. The number of aliphatic hydroxyl groups is 1. The van der Waals surface area contributed by atoms with Gasteiger partial charge in [-0.05, 0) is 24.7 Å². The summed E-state index contributed by atoms with van der Waals surface area (Å²) in [5, 5.41) is 10.8. The van der Waals surface area contributed by atoms with Gasteiger partial charge in [0, 0.05) is 0 Å². The van der Waals surface area contributed by atoms with Crippen molar-refractivity contribution >= 4 is 15.0 Å². The summed E-state index contributed by atoms with van der Waals surface area (Å²) in [6.07, 6.45) is 7.23. The number of ketones is 1. The number of carbonyl (C=O) groups excluding carboxylic acids is 1. The summed E-state index contributed by atoms with van der Waals surface area (Å²) in [4.78, 5) is 12.3. The first-order valence-electron chi connectivity index (χ1n) is 7.59. The van der Waals surface area contributed by atoms with Gasteiger partial charge in [0.25, 0.3) is 0 Å². The van der Waals surface area contributed by atoms with Crippen molar-refractivity contribution in [3.63, 3.8) is 0 Å². The Morgan fingerprint density at radius 2 is 1.79 bits per heavy atom. The largest absolute Gasteiger partial charge is 0.382 e. The summed E-state index contributed by atoms with van der Waals surface area (Å²) >= 11 is 0. The minimum absolute atomic E-state index is 0.0346. The van der Waals surface area contributed by atoms with Crippen LogP contribution in [0, 0.1) is 11.8 Å². The average molecular weight is 288 g/mol. The van der Waals surface area contributed by atoms with Crippen LogP contribution >= 0.6 is 9.24 Å². The number of ether oxygens (including phenoxy) is 1. The topological polar surface area (TPSA) is 46.5 Å². The van der Waals surface area contributed by atoms with Gasteiger partial charge in [-0.15, -0.1) is 9.24 Å². The van der Waals surface area contributed by atoms with Gasteiger partial charge in [-0.3, -0.25) is 4.79 Å². The molecule has 0 aromatic heterocycles. The SMILES string of the molecule is CCC1CCCC(CC)CC(O)(C(=O)COCP)C1. The molecule has 1 aliphatic carbocycles. The van der Waals surface area contributed by atoms with Crippen LogP contribution in [-0.2, 0) is 9.53 Å². The van der Waals surface area contributed by atoms with Crippen molar-refractivity contribution in [2.75, 3.05) is 13.0 Å². The lowest BCUT2D eigenvalue weighted by Crippen LogP contribution is -2.45. The zero-order chi connectivity index (χ0) is 14.3. The lowest BCUT2D eigenvalue weighted by Gasteiger charge is -2.36. The Balaban J connectivity index is 2.78. The lowest BCUT2D eigenvalue weighted by molar-refractivity contribution is -0.146. The number of Topliss-reactive ketones (excluding diaryl/α,β-unsaturated/α-hetero) is 1. The van der Waals surface area contributed by atoms with Gasteiger partial charge in [0.15, 0.2) is 5.78 Å². The summed E-state index contributed by atoms with van der Waals surface area (Å²) in [6, 6.07) is 0. The van der Waals surface area contributed by atoms with Crippen molar-refractivity contribution in [1.29, 1.82) is 0 Å². The molecule has 0 heterocycles. The lowest BCUT2D eigenvalue weighted by atomic mass is 9.73. The molecule has 1 aliphatic rings. The molecular weight excluding hydrogens is 259 g/mol. The highest BCUT2D eigenvalue weighted by Crippen LogP contribution is 2.36. The Labute approximate surface area is 119 Å². The molecule has 0 aliphatic heterocycles. The minimum Gasteiger partial charge on any atom is -0.382 e. The molecule has 0 bridgehead atoms. The van der Waals surface area contributed by atoms with Gasteiger partial charge in [-0.1, -0.05) is 46.0 Å². The molecular formula is C15H29O3P. The Morgan fingerprint density at radius 1 is 1.26 bits per heavy atom. The van der Waals surface area contributed by atoms with Crippen LogP contribution < -0.4 is 0 Å². The van der Waals surface area contributed by atoms with Crippen molar-refractivity contribution < 1.29 is 14.6 Å². The van der Waals surface area contributed by atoms with Gasteiger partial charge < -0.3 is 9.84 Å². The fourth-order valence-corrected chi connectivity index (χ4v) is 3.27. The zero-order valence-corrected chi connectivity index (χ0v) is 13.5. The molecule has 1 N–H and O–H groups in total. The highest BCUT2D eigenvalue weighted by atomic mass is 31.0. The molecule has 19 heavy (non-hydrogen) atoms. The molecule has 0 saturated heterocycles. The molecule has 1 fully saturated rings. The number of hydrogen-bond acceptors (Lipinski definition) is 3. The molecule has 1 rings (SSSR count). The van der Waals surface area contributed by atoms with Crippen molar-refractivity contribution in [3.8, 4) is 0 Å². The van der Waals surface area contributed by atoms with Crippen molar-refractivity contribution in [2.45, 2.75) is 64.4 Å². The van der Waals surface area contributed by atoms with E-state index < -0.39 is 5.60 Å². The van der Waals surface area contributed by atoms with Crippen molar-refractivity contribution in [1.82, 2.24) is 0 Å². The van der Waals surface area contributed by atoms with Gasteiger partial charge in [0.05, 0.1) is 6.35 Å². The average Bonchev–Trinajstić information content (AvgIpc) is 2.39. The third-order valence-electron chi connectivity index (χ3n) is 4.50. The van der Waals surface area contributed by atoms with Gasteiger partial charge in [0.1, 0.15) is 12.2 Å². The number of carbonyl (C=O) groups is 1. The third-order valence-corrected chi connectivity index (χ3v) is 4.74. The fourth-order valence-electron chi connectivity index (χ4n) is 3.15. The van der Waals surface area contributed by atoms with E-state index in [9.17, 15) is 9.90 Å². The first-order valence-corrected chi connectivity index (χ1v) is 8.40. The van der Waals surface area contributed by atoms with Crippen LogP contribution in [0.25, 0.3) is 0 Å². The molecule has 0 aromatic carbocycles. The first kappa shape index (κ1) is 17.1. The summed E-state index contributed by atoms with van der Waals surface area (Å²) in [7, 11) is 2.44. The van der Waals surface area contributed by atoms with E-state index in [1.807, 2.05) is 0 Å². The number of hydrogen-bond donors (Lipinski definition) is 1. The Kier molecular flexibility index (Phi) is 7.49. The summed E-state index contributed by atoms with van der Waals surface area (Å²) < 4.78 is 5.18. The predicted octanol–water partition coefficient (Wildman–Crippen LogP) is 3.15. The monoisotopic (exact) mass is 288 g/mol. The van der Waals surface area contributed by atoms with E-state index in [1.165, 1.54) is 6.42 Å². The zero-order valence-electron chi connectivity index (χ0n) is 12.4. The molecule has 1 saturated carbocycles. The van der Waals surface area contributed by atoms with E-state index in [0.29, 0.717) is 31.0 Å². The minimum atomic E-state index is -1.17. The third kappa shape index (κ3) is 5.13. The molecule has 0 aromatic rings. The molecule has 0 amide bonds. The molecule has 0 spiro atoms. The van der Waals surface area contributed by atoms with Crippen LogP contribution in [0.2, 0.25) is 0 Å². The standard InChI is InChI=1S/C15H29O3P/c1-3-12-6-5-7-13(4-2)9-15(17,8-12)14(16)10-18-11-19/h12-13,17H,3-11,19H2,1-2H3. The molecule has 112 valence electrons. The smallest absolute Gasteiger partial charge is 0.189 e. The normalized spacial score (nSPS) is 32.6. The first-order chi connectivity index (χ1) is 9.05. The van der Waals surface area contributed by atoms with Crippen LogP contribution in [0.1, 0.15) is 58.8 Å². The van der Waals surface area contributed by atoms with E-state index in [0.717, 1.165) is 25.7 Å². The second-order valence-corrected chi connectivity index (χ2v) is 6.19. The second-order valence-electron chi connectivity index (χ2n) is 5.86. The Bertz CT molecular complexity index is 267. The van der Waals surface area contributed by atoms with E-state index in [4.69, 9.17) is 4.74 Å². The van der Waals surface area contributed by atoms with E-state index in [2.05, 4.69) is 23.1 Å². The van der Waals surface area contributed by atoms with Crippen LogP contribution in [0.5, 0.6) is 0 Å². The maximum atomic E-state index is 12.3. The van der Waals surface area contributed by atoms with Crippen LogP contribution in [-0.4, -0.2) is 29.4 Å². The van der Waals surface area contributed by atoms with Crippen LogP contribution in [0.4, 0.5) is 0 Å². The molecule has 3 unspecified atom stereocenters. The van der Waals surface area contributed by atoms with E-state index in [1.54, 1.807) is 0 Å². The maximum Gasteiger partial charge on any atom is 0.189 e. The van der Waals surface area contributed by atoms with Crippen molar-refractivity contribution in [2.24, 2.45) is 11.8 Å². The van der Waals surface area contributed by atoms with Gasteiger partial charge in [0.2, 0.25) is 0 Å². The van der Waals surface area contributed by atoms with E-state index >= 15 is 0 Å². The molecule has 3 nitrogen and oxygen atoms in total. The highest BCUT2D eigenvalue weighted by Gasteiger charge is 2.40. The Hall–Kier alpha value is 0.0200. The van der Waals surface area contributed by atoms with Gasteiger partial charge in [-0.25, -0.2) is 0 Å². The molecule has 3 atom stereocenters. The second kappa shape index (κ2) is 8.34. The highest BCUT2D eigenvalue weighted by molar-refractivity contribution is 7.16. The van der Waals surface area contributed by atoms with Crippen LogP contribution in [0.15, 0.2) is 0 Å². The summed E-state index contributed by atoms with van der Waals surface area (Å²) in [5.74, 6) is 0.791. The predicted molar refractivity (Wildman–Crippen MR) is 81.1 cm³/mol.